The molecule has 0 unspecified atom stereocenters. The molecule has 1 N–H and O–H groups in total. The van der Waals surface area contributed by atoms with Gasteiger partial charge in [0, 0.05) is 32.2 Å². The third-order valence-corrected chi connectivity index (χ3v) is 4.74. The van der Waals surface area contributed by atoms with E-state index < -0.39 is 4.92 Å². The van der Waals surface area contributed by atoms with E-state index in [0.29, 0.717) is 12.2 Å². The molecule has 1 saturated heterocycles. The number of rotatable bonds is 6. The number of morpholine rings is 1. The summed E-state index contributed by atoms with van der Waals surface area (Å²) in [6.45, 7) is 4.67. The molecular weight excluding hydrogens is 346 g/mol. The summed E-state index contributed by atoms with van der Waals surface area (Å²) in [5.41, 5.74) is 2.86. The van der Waals surface area contributed by atoms with E-state index in [1.54, 1.807) is 18.3 Å². The van der Waals surface area contributed by atoms with Crippen LogP contribution in [0.1, 0.15) is 11.1 Å². The summed E-state index contributed by atoms with van der Waals surface area (Å²) in [5, 5.41) is 14.7. The van der Waals surface area contributed by atoms with E-state index in [-0.39, 0.29) is 11.6 Å². The zero-order valence-electron chi connectivity index (χ0n) is 14.9. The van der Waals surface area contributed by atoms with Gasteiger partial charge < -0.3 is 20.2 Å². The van der Waals surface area contributed by atoms with Crippen LogP contribution in [-0.4, -0.2) is 45.5 Å². The molecule has 27 heavy (non-hydrogen) atoms. The number of ether oxygens (including phenoxy) is 1. The molecule has 0 amide bonds. The minimum Gasteiger partial charge on any atom is -0.379 e. The van der Waals surface area contributed by atoms with Crippen molar-refractivity contribution in [1.82, 2.24) is 14.3 Å². The first-order chi connectivity index (χ1) is 13.2. The first-order valence-corrected chi connectivity index (χ1v) is 8.94. The van der Waals surface area contributed by atoms with Crippen molar-refractivity contribution in [3.05, 3.63) is 69.9 Å². The second-order valence-electron chi connectivity index (χ2n) is 6.48. The van der Waals surface area contributed by atoms with Gasteiger partial charge in [0.1, 0.15) is 0 Å². The van der Waals surface area contributed by atoms with Crippen LogP contribution in [0.25, 0.3) is 5.65 Å². The summed E-state index contributed by atoms with van der Waals surface area (Å²) in [4.78, 5) is 17.9. The number of hydrogen-bond donors (Lipinski definition) is 1. The van der Waals surface area contributed by atoms with Crippen LogP contribution in [0.2, 0.25) is 0 Å². The molecule has 3 aromatic rings. The van der Waals surface area contributed by atoms with Gasteiger partial charge in [-0.1, -0.05) is 30.3 Å². The summed E-state index contributed by atoms with van der Waals surface area (Å²) in [5.74, 6) is 0.239. The largest absolute Gasteiger partial charge is 0.379 e. The maximum absolute atomic E-state index is 11.5. The van der Waals surface area contributed by atoms with Crippen LogP contribution in [0.3, 0.4) is 0 Å². The monoisotopic (exact) mass is 367 g/mol. The molecule has 0 atom stereocenters. The third-order valence-electron chi connectivity index (χ3n) is 4.74. The molecule has 2 aromatic heterocycles. The predicted octanol–water partition coefficient (Wildman–Crippen LogP) is 2.69. The van der Waals surface area contributed by atoms with Crippen LogP contribution in [0.5, 0.6) is 0 Å². The van der Waals surface area contributed by atoms with E-state index in [2.05, 4.69) is 21.3 Å². The van der Waals surface area contributed by atoms with Crippen molar-refractivity contribution in [3.8, 4) is 0 Å². The highest BCUT2D eigenvalue weighted by atomic mass is 16.6. The Kier molecular flexibility index (Phi) is 4.99. The lowest BCUT2D eigenvalue weighted by atomic mass is 10.1. The van der Waals surface area contributed by atoms with Crippen molar-refractivity contribution in [1.29, 1.82) is 0 Å². The minimum atomic E-state index is -0.401. The molecule has 1 aliphatic heterocycles. The lowest BCUT2D eigenvalue weighted by Gasteiger charge is -2.27. The molecule has 0 spiro atoms. The second-order valence-corrected chi connectivity index (χ2v) is 6.48. The Balaban J connectivity index is 1.55. The van der Waals surface area contributed by atoms with Crippen LogP contribution in [-0.2, 0) is 17.8 Å². The number of fused-ring (bicyclic) bond motifs is 1. The number of benzene rings is 1. The minimum absolute atomic E-state index is 0.0451. The average Bonchev–Trinajstić information content (AvgIpc) is 3.07. The summed E-state index contributed by atoms with van der Waals surface area (Å²) >= 11 is 0. The molecule has 0 radical (unpaired) electrons. The van der Waals surface area contributed by atoms with Gasteiger partial charge in [0.05, 0.1) is 19.4 Å². The molecule has 140 valence electrons. The van der Waals surface area contributed by atoms with E-state index in [9.17, 15) is 10.1 Å². The van der Waals surface area contributed by atoms with E-state index in [0.717, 1.165) is 38.4 Å². The normalized spacial score (nSPS) is 15.1. The van der Waals surface area contributed by atoms with Gasteiger partial charge in [0.2, 0.25) is 11.5 Å². The number of pyridine rings is 1. The van der Waals surface area contributed by atoms with Crippen LogP contribution in [0.15, 0.2) is 48.7 Å². The standard InChI is InChI=1S/C19H21N5O3/c25-24(26)19-18(21-17-7-3-4-8-23(17)19)20-13-15-5-1-2-6-16(15)14-22-9-11-27-12-10-22/h1-8,20H,9-14H2. The van der Waals surface area contributed by atoms with Gasteiger partial charge >= 0.3 is 5.82 Å². The van der Waals surface area contributed by atoms with Crippen molar-refractivity contribution >= 4 is 17.3 Å². The third kappa shape index (κ3) is 3.76. The zero-order valence-corrected chi connectivity index (χ0v) is 14.9. The summed E-state index contributed by atoms with van der Waals surface area (Å²) in [6, 6.07) is 13.5. The van der Waals surface area contributed by atoms with Crippen molar-refractivity contribution in [2.45, 2.75) is 13.1 Å². The lowest BCUT2D eigenvalue weighted by Crippen LogP contribution is -2.35. The highest BCUT2D eigenvalue weighted by molar-refractivity contribution is 5.62. The van der Waals surface area contributed by atoms with Crippen LogP contribution in [0, 0.1) is 10.1 Å². The van der Waals surface area contributed by atoms with Gasteiger partial charge in [-0.15, -0.1) is 0 Å². The van der Waals surface area contributed by atoms with Crippen molar-refractivity contribution in [2.75, 3.05) is 31.6 Å². The molecule has 1 aromatic carbocycles. The summed E-state index contributed by atoms with van der Waals surface area (Å²) < 4.78 is 6.90. The average molecular weight is 367 g/mol. The van der Waals surface area contributed by atoms with Crippen LogP contribution >= 0.6 is 0 Å². The van der Waals surface area contributed by atoms with Crippen LogP contribution < -0.4 is 5.32 Å². The van der Waals surface area contributed by atoms with Gasteiger partial charge in [-0.05, 0) is 22.1 Å². The number of imidazole rings is 1. The number of anilines is 1. The van der Waals surface area contributed by atoms with E-state index in [1.165, 1.54) is 9.96 Å². The molecular formula is C19H21N5O3. The number of nitrogens with one attached hydrogen (secondary N) is 1. The van der Waals surface area contributed by atoms with Crippen molar-refractivity contribution in [2.24, 2.45) is 0 Å². The molecule has 1 fully saturated rings. The van der Waals surface area contributed by atoms with E-state index in [1.807, 2.05) is 24.3 Å². The van der Waals surface area contributed by atoms with E-state index in [4.69, 9.17) is 4.74 Å². The first-order valence-electron chi connectivity index (χ1n) is 8.94. The highest BCUT2D eigenvalue weighted by Crippen LogP contribution is 2.26. The number of hydrogen-bond acceptors (Lipinski definition) is 6. The predicted molar refractivity (Wildman–Crippen MR) is 102 cm³/mol. The van der Waals surface area contributed by atoms with Gasteiger partial charge in [0.25, 0.3) is 0 Å². The van der Waals surface area contributed by atoms with Crippen LogP contribution in [0.4, 0.5) is 11.6 Å². The molecule has 3 heterocycles. The SMILES string of the molecule is O=[N+]([O-])c1c(NCc2ccccc2CN2CCOCC2)nc2ccccn12. The topological polar surface area (TPSA) is 84.9 Å². The quantitative estimate of drug-likeness (QED) is 0.533. The fourth-order valence-electron chi connectivity index (χ4n) is 3.34. The Morgan fingerprint density at radius 3 is 2.63 bits per heavy atom. The summed E-state index contributed by atoms with van der Waals surface area (Å²) in [6.07, 6.45) is 1.65. The van der Waals surface area contributed by atoms with Crippen molar-refractivity contribution < 1.29 is 9.66 Å². The smallest absolute Gasteiger partial charge is 0.372 e. The lowest BCUT2D eigenvalue weighted by molar-refractivity contribution is -0.389. The molecule has 0 aliphatic carbocycles. The van der Waals surface area contributed by atoms with E-state index >= 15 is 0 Å². The first kappa shape index (κ1) is 17.4. The molecule has 1 aliphatic rings. The molecule has 0 saturated carbocycles. The Hall–Kier alpha value is -2.97. The zero-order chi connectivity index (χ0) is 18.6. The second kappa shape index (κ2) is 7.73. The Bertz CT molecular complexity index is 949. The maximum atomic E-state index is 11.5. The number of nitrogens with zero attached hydrogens (tertiary/aromatic N) is 4. The molecule has 4 rings (SSSR count). The molecule has 0 bridgehead atoms. The van der Waals surface area contributed by atoms with Gasteiger partial charge in [-0.25, -0.2) is 0 Å². The van der Waals surface area contributed by atoms with Crippen molar-refractivity contribution in [3.63, 3.8) is 0 Å². The molecule has 8 heteroatoms. The molecule has 8 nitrogen and oxygen atoms in total. The highest BCUT2D eigenvalue weighted by Gasteiger charge is 2.22. The fourth-order valence-corrected chi connectivity index (χ4v) is 3.34. The Morgan fingerprint density at radius 2 is 1.85 bits per heavy atom. The number of nitro groups is 1. The Morgan fingerprint density at radius 1 is 1.11 bits per heavy atom. The van der Waals surface area contributed by atoms with Gasteiger partial charge in [0.15, 0.2) is 0 Å². The fraction of sp³-hybridized carbons (Fsp3) is 0.316. The summed E-state index contributed by atoms with van der Waals surface area (Å²) in [7, 11) is 0. The van der Waals surface area contributed by atoms with Gasteiger partial charge in [-0.3, -0.25) is 4.90 Å². The van der Waals surface area contributed by atoms with Gasteiger partial charge in [-0.2, -0.15) is 9.38 Å². The number of aromatic nitrogens is 2. The maximum Gasteiger partial charge on any atom is 0.372 e. The Labute approximate surface area is 156 Å².